The van der Waals surface area contributed by atoms with Crippen LogP contribution in [0.4, 0.5) is 0 Å². The van der Waals surface area contributed by atoms with Crippen molar-refractivity contribution in [3.05, 3.63) is 21.4 Å². The fourth-order valence-corrected chi connectivity index (χ4v) is 3.86. The highest BCUT2D eigenvalue weighted by atomic mass is 35.5. The third-order valence-electron chi connectivity index (χ3n) is 2.89. The lowest BCUT2D eigenvalue weighted by Gasteiger charge is -2.03. The van der Waals surface area contributed by atoms with Gasteiger partial charge in [0, 0.05) is 4.88 Å². The Morgan fingerprint density at radius 2 is 2.12 bits per heavy atom. The van der Waals surface area contributed by atoms with Crippen LogP contribution >= 0.6 is 34.5 Å². The molecule has 3 rings (SSSR count). The van der Waals surface area contributed by atoms with Gasteiger partial charge in [-0.15, -0.1) is 22.9 Å². The molecule has 0 radical (unpaired) electrons. The molecule has 0 amide bonds. The summed E-state index contributed by atoms with van der Waals surface area (Å²) in [5.41, 5.74) is 1.36. The molecular weight excluding hydrogens is 263 g/mol. The number of halogens is 2. The van der Waals surface area contributed by atoms with Gasteiger partial charge in [-0.3, -0.25) is 0 Å². The van der Waals surface area contributed by atoms with Crippen molar-refractivity contribution in [2.75, 3.05) is 0 Å². The number of fused-ring (bicyclic) bond motifs is 3. The molecule has 1 unspecified atom stereocenters. The van der Waals surface area contributed by atoms with Crippen molar-refractivity contribution in [2.24, 2.45) is 0 Å². The molecule has 1 aliphatic carbocycles. The van der Waals surface area contributed by atoms with Crippen LogP contribution in [0.2, 0.25) is 5.15 Å². The van der Waals surface area contributed by atoms with Crippen molar-refractivity contribution in [3.8, 4) is 0 Å². The number of hydrogen-bond donors (Lipinski definition) is 0. The first-order valence-corrected chi connectivity index (χ1v) is 6.91. The molecule has 2 aromatic heterocycles. The molecule has 2 nitrogen and oxygen atoms in total. The van der Waals surface area contributed by atoms with E-state index in [2.05, 4.69) is 9.97 Å². The molecule has 1 atom stereocenters. The monoisotopic (exact) mass is 272 g/mol. The fraction of sp³-hybridized carbons (Fsp3) is 0.455. The Labute approximate surface area is 108 Å². The lowest BCUT2D eigenvalue weighted by Crippen LogP contribution is -1.96. The highest BCUT2D eigenvalue weighted by Gasteiger charge is 2.22. The topological polar surface area (TPSA) is 25.8 Å². The van der Waals surface area contributed by atoms with Crippen molar-refractivity contribution in [3.63, 3.8) is 0 Å². The standard InChI is InChI=1S/C11H10Cl2N2S/c1-5(12)10-14-9(13)8-6-3-2-4-7(6)16-11(8)15-10/h5H,2-4H2,1H3. The number of hydrogen-bond acceptors (Lipinski definition) is 3. The SMILES string of the molecule is CC(Cl)c1nc(Cl)c2c3c(sc2n1)CCC3. The first-order chi connectivity index (χ1) is 7.66. The Morgan fingerprint density at radius 1 is 1.31 bits per heavy atom. The molecule has 5 heteroatoms. The van der Waals surface area contributed by atoms with Gasteiger partial charge in [-0.2, -0.15) is 0 Å². The van der Waals surface area contributed by atoms with E-state index >= 15 is 0 Å². The summed E-state index contributed by atoms with van der Waals surface area (Å²) in [5, 5.41) is 1.42. The Kier molecular flexibility index (Phi) is 2.57. The summed E-state index contributed by atoms with van der Waals surface area (Å²) in [7, 11) is 0. The van der Waals surface area contributed by atoms with Gasteiger partial charge in [0.1, 0.15) is 15.8 Å². The van der Waals surface area contributed by atoms with Crippen LogP contribution in [0.5, 0.6) is 0 Å². The number of alkyl halides is 1. The van der Waals surface area contributed by atoms with Gasteiger partial charge >= 0.3 is 0 Å². The highest BCUT2D eigenvalue weighted by molar-refractivity contribution is 7.19. The first-order valence-electron chi connectivity index (χ1n) is 5.28. The van der Waals surface area contributed by atoms with Gasteiger partial charge < -0.3 is 0 Å². The molecule has 2 heterocycles. The molecule has 0 spiro atoms. The van der Waals surface area contributed by atoms with E-state index in [9.17, 15) is 0 Å². The molecule has 84 valence electrons. The fourth-order valence-electron chi connectivity index (χ4n) is 2.14. The van der Waals surface area contributed by atoms with E-state index in [1.165, 1.54) is 16.9 Å². The zero-order valence-electron chi connectivity index (χ0n) is 8.76. The van der Waals surface area contributed by atoms with Gasteiger partial charge in [-0.25, -0.2) is 9.97 Å². The maximum absolute atomic E-state index is 6.23. The Morgan fingerprint density at radius 3 is 2.88 bits per heavy atom. The maximum Gasteiger partial charge on any atom is 0.149 e. The summed E-state index contributed by atoms with van der Waals surface area (Å²) in [4.78, 5) is 11.2. The van der Waals surface area contributed by atoms with Gasteiger partial charge in [0.2, 0.25) is 0 Å². The van der Waals surface area contributed by atoms with E-state index in [0.717, 1.165) is 23.1 Å². The average Bonchev–Trinajstić information content (AvgIpc) is 2.75. The minimum absolute atomic E-state index is 0.196. The number of nitrogens with zero attached hydrogens (tertiary/aromatic N) is 2. The summed E-state index contributed by atoms with van der Waals surface area (Å²) >= 11 is 14.0. The second-order valence-corrected chi connectivity index (χ2v) is 6.12. The smallest absolute Gasteiger partial charge is 0.149 e. The highest BCUT2D eigenvalue weighted by Crippen LogP contribution is 2.39. The van der Waals surface area contributed by atoms with Crippen LogP contribution in [0.3, 0.4) is 0 Å². The van der Waals surface area contributed by atoms with Gasteiger partial charge in [0.05, 0.1) is 10.8 Å². The van der Waals surface area contributed by atoms with Gasteiger partial charge in [-0.1, -0.05) is 11.6 Å². The summed E-state index contributed by atoms with van der Waals surface area (Å²) in [6.45, 7) is 1.86. The molecule has 2 aromatic rings. The lowest BCUT2D eigenvalue weighted by molar-refractivity contribution is 0.912. The third-order valence-corrected chi connectivity index (χ3v) is 4.55. The van der Waals surface area contributed by atoms with Gasteiger partial charge in [-0.05, 0) is 31.7 Å². The van der Waals surface area contributed by atoms with Gasteiger partial charge in [0.25, 0.3) is 0 Å². The van der Waals surface area contributed by atoms with Crippen LogP contribution in [-0.2, 0) is 12.8 Å². The van der Waals surface area contributed by atoms with Crippen LogP contribution in [0.15, 0.2) is 0 Å². The second-order valence-electron chi connectivity index (χ2n) is 4.03. The molecule has 0 N–H and O–H groups in total. The largest absolute Gasteiger partial charge is 0.220 e. The Hall–Kier alpha value is -0.380. The molecular formula is C11H10Cl2N2S. The zero-order valence-corrected chi connectivity index (χ0v) is 11.1. The van der Waals surface area contributed by atoms with Crippen LogP contribution in [0.1, 0.15) is 35.0 Å². The van der Waals surface area contributed by atoms with E-state index in [-0.39, 0.29) is 5.38 Å². The summed E-state index contributed by atoms with van der Waals surface area (Å²) in [6.07, 6.45) is 3.48. The maximum atomic E-state index is 6.23. The molecule has 0 saturated heterocycles. The molecule has 0 aliphatic heterocycles. The van der Waals surface area contributed by atoms with E-state index in [1.54, 1.807) is 11.3 Å². The molecule has 0 bridgehead atoms. The summed E-state index contributed by atoms with van der Waals surface area (Å²) in [5.74, 6) is 0.624. The predicted octanol–water partition coefficient (Wildman–Crippen LogP) is 4.13. The van der Waals surface area contributed by atoms with E-state index in [1.807, 2.05) is 6.92 Å². The van der Waals surface area contributed by atoms with E-state index < -0.39 is 0 Å². The quantitative estimate of drug-likeness (QED) is 0.576. The van der Waals surface area contributed by atoms with Crippen molar-refractivity contribution in [2.45, 2.75) is 31.6 Å². The molecule has 0 fully saturated rings. The van der Waals surface area contributed by atoms with Gasteiger partial charge in [0.15, 0.2) is 0 Å². The normalized spacial score (nSPS) is 16.7. The average molecular weight is 273 g/mol. The minimum Gasteiger partial charge on any atom is -0.220 e. The van der Waals surface area contributed by atoms with E-state index in [0.29, 0.717) is 11.0 Å². The number of aryl methyl sites for hydroxylation is 2. The lowest BCUT2D eigenvalue weighted by atomic mass is 10.2. The Bertz CT molecular complexity index is 563. The number of thiophene rings is 1. The second kappa shape index (κ2) is 3.83. The zero-order chi connectivity index (χ0) is 11.3. The summed E-state index contributed by atoms with van der Waals surface area (Å²) < 4.78 is 0. The molecule has 1 aliphatic rings. The van der Waals surface area contributed by atoms with Crippen LogP contribution in [0, 0.1) is 0 Å². The minimum atomic E-state index is -0.196. The molecule has 16 heavy (non-hydrogen) atoms. The number of aromatic nitrogens is 2. The van der Waals surface area contributed by atoms with Crippen LogP contribution in [0.25, 0.3) is 10.2 Å². The van der Waals surface area contributed by atoms with Crippen molar-refractivity contribution in [1.82, 2.24) is 9.97 Å². The Balaban J connectivity index is 2.30. The van der Waals surface area contributed by atoms with E-state index in [4.69, 9.17) is 23.2 Å². The predicted molar refractivity (Wildman–Crippen MR) is 68.7 cm³/mol. The molecule has 0 saturated carbocycles. The van der Waals surface area contributed by atoms with Crippen LogP contribution < -0.4 is 0 Å². The summed E-state index contributed by atoms with van der Waals surface area (Å²) in [6, 6.07) is 0. The number of rotatable bonds is 1. The molecule has 0 aromatic carbocycles. The third kappa shape index (κ3) is 1.53. The van der Waals surface area contributed by atoms with Crippen molar-refractivity contribution in [1.29, 1.82) is 0 Å². The first kappa shape index (κ1) is 10.8. The van der Waals surface area contributed by atoms with Crippen molar-refractivity contribution >= 4 is 44.8 Å². The van der Waals surface area contributed by atoms with Crippen LogP contribution in [-0.4, -0.2) is 9.97 Å². The van der Waals surface area contributed by atoms with Crippen molar-refractivity contribution < 1.29 is 0 Å².